The lowest BCUT2D eigenvalue weighted by molar-refractivity contribution is -0.118. The fourth-order valence-corrected chi connectivity index (χ4v) is 3.70. The van der Waals surface area contributed by atoms with E-state index >= 15 is 0 Å². The lowest BCUT2D eigenvalue weighted by Crippen LogP contribution is -2.25. The molecule has 1 aromatic heterocycles. The Hall–Kier alpha value is -1.37. The van der Waals surface area contributed by atoms with Crippen LogP contribution in [0.15, 0.2) is 28.1 Å². The lowest BCUT2D eigenvalue weighted by atomic mass is 10.0. The molecule has 1 aliphatic heterocycles. The summed E-state index contributed by atoms with van der Waals surface area (Å²) in [5, 5.41) is 2.80. The summed E-state index contributed by atoms with van der Waals surface area (Å²) >= 11 is 5.14. The van der Waals surface area contributed by atoms with E-state index < -0.39 is 0 Å². The minimum Gasteiger partial charge on any atom is -0.482 e. The second-order valence-corrected chi connectivity index (χ2v) is 7.08. The SMILES string of the molecule is Cc1cc(C(N)c2ccc3c(c2)NC(=O)CO3)sc1Br. The molecule has 6 heteroatoms. The predicted octanol–water partition coefficient (Wildman–Crippen LogP) is 3.20. The zero-order valence-corrected chi connectivity index (χ0v) is 13.2. The number of ether oxygens (including phenoxy) is 1. The first-order chi connectivity index (χ1) is 9.54. The van der Waals surface area contributed by atoms with Crippen molar-refractivity contribution in [1.29, 1.82) is 0 Å². The molecular formula is C14H13BrN2O2S. The molecular weight excluding hydrogens is 340 g/mol. The molecule has 3 rings (SSSR count). The molecule has 0 radical (unpaired) electrons. The highest BCUT2D eigenvalue weighted by Crippen LogP contribution is 2.36. The standard InChI is InChI=1S/C14H13BrN2O2S/c1-7-4-11(20-14(7)15)13(16)8-2-3-10-9(5-8)17-12(18)6-19-10/h2-5,13H,6,16H2,1H3,(H,17,18). The highest BCUT2D eigenvalue weighted by atomic mass is 79.9. The molecule has 3 N–H and O–H groups in total. The van der Waals surface area contributed by atoms with Crippen LogP contribution >= 0.6 is 27.3 Å². The van der Waals surface area contributed by atoms with Gasteiger partial charge in [0.1, 0.15) is 5.75 Å². The Labute approximate surface area is 129 Å². The first kappa shape index (κ1) is 13.6. The number of hydrogen-bond acceptors (Lipinski definition) is 4. The van der Waals surface area contributed by atoms with Crippen LogP contribution in [0.4, 0.5) is 5.69 Å². The minimum absolute atomic E-state index is 0.0649. The summed E-state index contributed by atoms with van der Waals surface area (Å²) in [5.41, 5.74) is 9.11. The first-order valence-corrected chi connectivity index (χ1v) is 7.73. The number of anilines is 1. The van der Waals surface area contributed by atoms with Gasteiger partial charge < -0.3 is 15.8 Å². The molecule has 2 heterocycles. The third-order valence-corrected chi connectivity index (χ3v) is 5.40. The van der Waals surface area contributed by atoms with E-state index in [0.717, 1.165) is 14.2 Å². The summed E-state index contributed by atoms with van der Waals surface area (Å²) in [6.07, 6.45) is 0. The monoisotopic (exact) mass is 352 g/mol. The quantitative estimate of drug-likeness (QED) is 0.872. The fraction of sp³-hybridized carbons (Fsp3) is 0.214. The van der Waals surface area contributed by atoms with Gasteiger partial charge in [0.2, 0.25) is 0 Å². The first-order valence-electron chi connectivity index (χ1n) is 6.12. The van der Waals surface area contributed by atoms with Crippen LogP contribution in [-0.2, 0) is 4.79 Å². The van der Waals surface area contributed by atoms with Gasteiger partial charge in [0, 0.05) is 4.88 Å². The van der Waals surface area contributed by atoms with Crippen molar-refractivity contribution in [1.82, 2.24) is 0 Å². The van der Waals surface area contributed by atoms with Crippen molar-refractivity contribution in [3.63, 3.8) is 0 Å². The van der Waals surface area contributed by atoms with E-state index in [2.05, 4.69) is 27.3 Å². The van der Waals surface area contributed by atoms with Gasteiger partial charge in [-0.15, -0.1) is 11.3 Å². The Morgan fingerprint density at radius 3 is 2.95 bits per heavy atom. The van der Waals surface area contributed by atoms with Crippen LogP contribution in [0.1, 0.15) is 22.0 Å². The molecule has 0 fully saturated rings. The number of hydrogen-bond donors (Lipinski definition) is 2. The van der Waals surface area contributed by atoms with Crippen LogP contribution in [0.25, 0.3) is 0 Å². The largest absolute Gasteiger partial charge is 0.482 e. The van der Waals surface area contributed by atoms with Crippen molar-refractivity contribution < 1.29 is 9.53 Å². The van der Waals surface area contributed by atoms with E-state index in [1.807, 2.05) is 25.1 Å². The number of benzene rings is 1. The van der Waals surface area contributed by atoms with E-state index in [-0.39, 0.29) is 18.6 Å². The zero-order chi connectivity index (χ0) is 14.3. The smallest absolute Gasteiger partial charge is 0.262 e. The Bertz CT molecular complexity index is 664. The molecule has 2 aromatic rings. The molecule has 0 aliphatic carbocycles. The van der Waals surface area contributed by atoms with Gasteiger partial charge in [0.05, 0.1) is 15.5 Å². The molecule has 0 bridgehead atoms. The molecule has 1 unspecified atom stereocenters. The molecule has 1 amide bonds. The lowest BCUT2D eigenvalue weighted by Gasteiger charge is -2.20. The van der Waals surface area contributed by atoms with Gasteiger partial charge in [-0.25, -0.2) is 0 Å². The van der Waals surface area contributed by atoms with Gasteiger partial charge >= 0.3 is 0 Å². The van der Waals surface area contributed by atoms with Crippen LogP contribution in [-0.4, -0.2) is 12.5 Å². The van der Waals surface area contributed by atoms with Crippen LogP contribution in [0.2, 0.25) is 0 Å². The maximum Gasteiger partial charge on any atom is 0.262 e. The third-order valence-electron chi connectivity index (χ3n) is 3.18. The number of rotatable bonds is 2. The maximum atomic E-state index is 11.4. The van der Waals surface area contributed by atoms with Crippen LogP contribution < -0.4 is 15.8 Å². The molecule has 104 valence electrons. The van der Waals surface area contributed by atoms with E-state index in [4.69, 9.17) is 10.5 Å². The van der Waals surface area contributed by atoms with Gasteiger partial charge in [0.15, 0.2) is 6.61 Å². The van der Waals surface area contributed by atoms with E-state index in [0.29, 0.717) is 11.4 Å². The van der Waals surface area contributed by atoms with Gasteiger partial charge in [-0.1, -0.05) is 6.07 Å². The topological polar surface area (TPSA) is 64.3 Å². The molecule has 1 atom stereocenters. The second-order valence-electron chi connectivity index (χ2n) is 4.68. The normalized spacial score (nSPS) is 15.2. The summed E-state index contributed by atoms with van der Waals surface area (Å²) < 4.78 is 6.44. The molecule has 1 aromatic carbocycles. The maximum absolute atomic E-state index is 11.4. The average molecular weight is 353 g/mol. The molecule has 20 heavy (non-hydrogen) atoms. The number of halogens is 1. The van der Waals surface area contributed by atoms with E-state index in [1.54, 1.807) is 11.3 Å². The number of carbonyl (C=O) groups is 1. The molecule has 4 nitrogen and oxygen atoms in total. The Morgan fingerprint density at radius 2 is 2.25 bits per heavy atom. The molecule has 0 spiro atoms. The number of fused-ring (bicyclic) bond motifs is 1. The van der Waals surface area contributed by atoms with Gasteiger partial charge in [-0.05, 0) is 52.2 Å². The van der Waals surface area contributed by atoms with Crippen LogP contribution in [0.5, 0.6) is 5.75 Å². The van der Waals surface area contributed by atoms with Gasteiger partial charge in [-0.2, -0.15) is 0 Å². The van der Waals surface area contributed by atoms with Gasteiger partial charge in [0.25, 0.3) is 5.91 Å². The summed E-state index contributed by atoms with van der Waals surface area (Å²) in [5.74, 6) is 0.544. The van der Waals surface area contributed by atoms with Crippen LogP contribution in [0.3, 0.4) is 0 Å². The molecule has 1 aliphatic rings. The number of amides is 1. The van der Waals surface area contributed by atoms with Crippen molar-refractivity contribution in [3.05, 3.63) is 44.1 Å². The number of carbonyl (C=O) groups excluding carboxylic acids is 1. The summed E-state index contributed by atoms with van der Waals surface area (Å²) in [6, 6.07) is 7.52. The summed E-state index contributed by atoms with van der Waals surface area (Å²) in [4.78, 5) is 12.4. The fourth-order valence-electron chi connectivity index (χ4n) is 2.10. The highest BCUT2D eigenvalue weighted by Gasteiger charge is 2.19. The van der Waals surface area contributed by atoms with E-state index in [9.17, 15) is 4.79 Å². The van der Waals surface area contributed by atoms with Crippen LogP contribution in [0, 0.1) is 6.92 Å². The van der Waals surface area contributed by atoms with Crippen molar-refractivity contribution in [3.8, 4) is 5.75 Å². The number of nitrogens with two attached hydrogens (primary N) is 1. The molecule has 0 saturated heterocycles. The average Bonchev–Trinajstić information content (AvgIpc) is 2.77. The van der Waals surface area contributed by atoms with E-state index in [1.165, 1.54) is 5.56 Å². The Balaban J connectivity index is 1.94. The summed E-state index contributed by atoms with van der Waals surface area (Å²) in [6.45, 7) is 2.10. The predicted molar refractivity (Wildman–Crippen MR) is 83.4 cm³/mol. The second kappa shape index (κ2) is 5.20. The van der Waals surface area contributed by atoms with Crippen molar-refractivity contribution in [2.75, 3.05) is 11.9 Å². The third kappa shape index (κ3) is 2.46. The minimum atomic E-state index is -0.214. The Morgan fingerprint density at radius 1 is 1.45 bits per heavy atom. The van der Waals surface area contributed by atoms with Gasteiger partial charge in [-0.3, -0.25) is 4.79 Å². The van der Waals surface area contributed by atoms with Crippen molar-refractivity contribution >= 4 is 38.9 Å². The number of nitrogens with one attached hydrogen (secondary N) is 1. The zero-order valence-electron chi connectivity index (χ0n) is 10.8. The number of aryl methyl sites for hydroxylation is 1. The summed E-state index contributed by atoms with van der Waals surface area (Å²) in [7, 11) is 0. The van der Waals surface area contributed by atoms with Crippen molar-refractivity contribution in [2.45, 2.75) is 13.0 Å². The Kier molecular flexibility index (Phi) is 3.54. The molecule has 0 saturated carbocycles. The number of thiophene rings is 1. The highest BCUT2D eigenvalue weighted by molar-refractivity contribution is 9.11. The van der Waals surface area contributed by atoms with Crippen molar-refractivity contribution in [2.24, 2.45) is 5.73 Å².